The number of hydrogen-bond acceptors (Lipinski definition) is 4. The van der Waals surface area contributed by atoms with Crippen LogP contribution in [0.1, 0.15) is 42.2 Å². The van der Waals surface area contributed by atoms with Crippen LogP contribution in [0.4, 0.5) is 0 Å². The first-order valence-corrected chi connectivity index (χ1v) is 6.45. The smallest absolute Gasteiger partial charge is 0.365 e. The molecule has 0 spiro atoms. The fourth-order valence-electron chi connectivity index (χ4n) is 1.61. The Morgan fingerprint density at radius 1 is 1.44 bits per heavy atom. The summed E-state index contributed by atoms with van der Waals surface area (Å²) in [6.45, 7) is 7.12. The molecule has 1 heterocycles. The van der Waals surface area contributed by atoms with Crippen LogP contribution in [0.5, 0.6) is 0 Å². The summed E-state index contributed by atoms with van der Waals surface area (Å²) in [5.74, 6) is -0.936. The van der Waals surface area contributed by atoms with E-state index in [0.717, 1.165) is 38.2 Å². The molecule has 5 heteroatoms. The Morgan fingerprint density at radius 2 is 2.06 bits per heavy atom. The Balaban J connectivity index is 2.58. The van der Waals surface area contributed by atoms with E-state index in [2.05, 4.69) is 23.7 Å². The van der Waals surface area contributed by atoms with Crippen LogP contribution in [0.25, 0.3) is 0 Å². The van der Waals surface area contributed by atoms with E-state index < -0.39 is 5.97 Å². The van der Waals surface area contributed by atoms with E-state index >= 15 is 0 Å². The van der Waals surface area contributed by atoms with Gasteiger partial charge in [0.2, 0.25) is 5.01 Å². The number of aromatic carboxylic acids is 1. The lowest BCUT2D eigenvalue weighted by Crippen LogP contribution is -2.25. The Morgan fingerprint density at radius 3 is 2.50 bits per heavy atom. The molecule has 0 aromatic carbocycles. The number of carboxylic acid groups (broad SMARTS) is 1. The van der Waals surface area contributed by atoms with Gasteiger partial charge < -0.3 is 5.11 Å². The van der Waals surface area contributed by atoms with Gasteiger partial charge in [-0.25, -0.2) is 9.78 Å². The third-order valence-electron chi connectivity index (χ3n) is 2.20. The molecule has 4 nitrogen and oxygen atoms in total. The van der Waals surface area contributed by atoms with Crippen molar-refractivity contribution in [1.29, 1.82) is 0 Å². The highest BCUT2D eigenvalue weighted by Gasteiger charge is 2.11. The first-order chi connectivity index (χ1) is 7.67. The molecular weight excluding hydrogens is 224 g/mol. The van der Waals surface area contributed by atoms with Crippen LogP contribution in [0.15, 0.2) is 5.38 Å². The second-order valence-electron chi connectivity index (χ2n) is 3.73. The van der Waals surface area contributed by atoms with E-state index in [1.54, 1.807) is 0 Å². The van der Waals surface area contributed by atoms with Crippen LogP contribution < -0.4 is 0 Å². The molecule has 0 saturated heterocycles. The highest BCUT2D eigenvalue weighted by Crippen LogP contribution is 2.12. The Labute approximate surface area is 99.9 Å². The van der Waals surface area contributed by atoms with Gasteiger partial charge in [-0.15, -0.1) is 11.3 Å². The van der Waals surface area contributed by atoms with Crippen LogP contribution in [0, 0.1) is 0 Å². The predicted octanol–water partition coefficient (Wildman–Crippen LogP) is 2.46. The van der Waals surface area contributed by atoms with E-state index in [1.807, 2.05) is 5.38 Å². The van der Waals surface area contributed by atoms with Crippen molar-refractivity contribution >= 4 is 17.3 Å². The van der Waals surface area contributed by atoms with Gasteiger partial charge in [-0.05, 0) is 25.9 Å². The van der Waals surface area contributed by atoms with Crippen LogP contribution in [0.2, 0.25) is 0 Å². The first kappa shape index (κ1) is 13.1. The lowest BCUT2D eigenvalue weighted by Gasteiger charge is -2.19. The van der Waals surface area contributed by atoms with Gasteiger partial charge in [0, 0.05) is 11.9 Å². The van der Waals surface area contributed by atoms with E-state index in [9.17, 15) is 4.79 Å². The predicted molar refractivity (Wildman–Crippen MR) is 64.9 cm³/mol. The molecule has 0 radical (unpaired) electrons. The molecule has 0 bridgehead atoms. The molecule has 1 N–H and O–H groups in total. The second-order valence-corrected chi connectivity index (χ2v) is 4.58. The van der Waals surface area contributed by atoms with Crippen molar-refractivity contribution in [2.45, 2.75) is 33.2 Å². The molecule has 0 fully saturated rings. The molecule has 90 valence electrons. The van der Waals surface area contributed by atoms with Crippen LogP contribution in [-0.2, 0) is 6.54 Å². The summed E-state index contributed by atoms with van der Waals surface area (Å²) in [6.07, 6.45) is 2.21. The average molecular weight is 242 g/mol. The highest BCUT2D eigenvalue weighted by atomic mass is 32.1. The molecular formula is C11H18N2O2S. The maximum atomic E-state index is 10.7. The first-order valence-electron chi connectivity index (χ1n) is 5.57. The molecule has 1 aromatic heterocycles. The summed E-state index contributed by atoms with van der Waals surface area (Å²) < 4.78 is 0. The third-order valence-corrected chi connectivity index (χ3v) is 3.08. The van der Waals surface area contributed by atoms with Gasteiger partial charge in [0.15, 0.2) is 0 Å². The minimum absolute atomic E-state index is 0.183. The van der Waals surface area contributed by atoms with E-state index in [0.29, 0.717) is 0 Å². The number of carbonyl (C=O) groups is 1. The van der Waals surface area contributed by atoms with Crippen molar-refractivity contribution in [2.75, 3.05) is 13.1 Å². The van der Waals surface area contributed by atoms with Crippen LogP contribution >= 0.6 is 11.3 Å². The van der Waals surface area contributed by atoms with Gasteiger partial charge in [0.05, 0.1) is 5.69 Å². The van der Waals surface area contributed by atoms with Crippen LogP contribution in [-0.4, -0.2) is 34.0 Å². The van der Waals surface area contributed by atoms with Crippen molar-refractivity contribution in [1.82, 2.24) is 9.88 Å². The van der Waals surface area contributed by atoms with Crippen molar-refractivity contribution in [2.24, 2.45) is 0 Å². The molecule has 0 amide bonds. The molecule has 0 unspecified atom stereocenters. The number of carboxylic acids is 1. The second kappa shape index (κ2) is 6.60. The number of hydrogen-bond donors (Lipinski definition) is 1. The molecule has 0 saturated carbocycles. The number of thiazole rings is 1. The summed E-state index contributed by atoms with van der Waals surface area (Å²) in [4.78, 5) is 17.1. The maximum Gasteiger partial charge on any atom is 0.365 e. The molecule has 0 atom stereocenters. The molecule has 1 aromatic rings. The fraction of sp³-hybridized carbons (Fsp3) is 0.636. The lowest BCUT2D eigenvalue weighted by molar-refractivity contribution is 0.0696. The zero-order chi connectivity index (χ0) is 12.0. The molecule has 0 aliphatic rings. The summed E-state index contributed by atoms with van der Waals surface area (Å²) in [5, 5.41) is 10.8. The summed E-state index contributed by atoms with van der Waals surface area (Å²) in [6, 6.07) is 0. The number of nitrogens with zero attached hydrogens (tertiary/aromatic N) is 2. The SMILES string of the molecule is CCCN(CCC)Cc1csc(C(=O)O)n1. The van der Waals surface area contributed by atoms with E-state index in [4.69, 9.17) is 5.11 Å². The largest absolute Gasteiger partial charge is 0.476 e. The summed E-state index contributed by atoms with van der Waals surface area (Å²) in [7, 11) is 0. The van der Waals surface area contributed by atoms with Crippen molar-refractivity contribution < 1.29 is 9.90 Å². The van der Waals surface area contributed by atoms with Gasteiger partial charge in [0.25, 0.3) is 0 Å². The maximum absolute atomic E-state index is 10.7. The van der Waals surface area contributed by atoms with Gasteiger partial charge >= 0.3 is 5.97 Å². The zero-order valence-corrected chi connectivity index (χ0v) is 10.6. The third kappa shape index (κ3) is 3.90. The van der Waals surface area contributed by atoms with Crippen molar-refractivity contribution in [3.63, 3.8) is 0 Å². The fourth-order valence-corrected chi connectivity index (χ4v) is 2.25. The highest BCUT2D eigenvalue weighted by molar-refractivity contribution is 7.11. The van der Waals surface area contributed by atoms with E-state index in [-0.39, 0.29) is 5.01 Å². The van der Waals surface area contributed by atoms with Gasteiger partial charge in [0.1, 0.15) is 0 Å². The normalized spacial score (nSPS) is 10.9. The molecule has 0 aliphatic heterocycles. The van der Waals surface area contributed by atoms with Gasteiger partial charge in [-0.3, -0.25) is 4.90 Å². The number of aromatic nitrogens is 1. The van der Waals surface area contributed by atoms with Crippen LogP contribution in [0.3, 0.4) is 0 Å². The zero-order valence-electron chi connectivity index (χ0n) is 9.77. The standard InChI is InChI=1S/C11H18N2O2S/c1-3-5-13(6-4-2)7-9-8-16-10(12-9)11(14)15/h8H,3-7H2,1-2H3,(H,14,15). The Bertz CT molecular complexity index is 332. The molecule has 1 rings (SSSR count). The minimum Gasteiger partial charge on any atom is -0.476 e. The van der Waals surface area contributed by atoms with Gasteiger partial charge in [-0.2, -0.15) is 0 Å². The summed E-state index contributed by atoms with van der Waals surface area (Å²) in [5.41, 5.74) is 0.865. The quantitative estimate of drug-likeness (QED) is 0.798. The Hall–Kier alpha value is -0.940. The number of rotatable bonds is 7. The van der Waals surface area contributed by atoms with Crippen molar-refractivity contribution in [3.8, 4) is 0 Å². The topological polar surface area (TPSA) is 53.4 Å². The summed E-state index contributed by atoms with van der Waals surface area (Å²) >= 11 is 1.20. The van der Waals surface area contributed by atoms with Gasteiger partial charge in [-0.1, -0.05) is 13.8 Å². The lowest BCUT2D eigenvalue weighted by atomic mass is 10.3. The minimum atomic E-state index is -0.936. The monoisotopic (exact) mass is 242 g/mol. The van der Waals surface area contributed by atoms with E-state index in [1.165, 1.54) is 11.3 Å². The Kier molecular flexibility index (Phi) is 5.42. The molecule has 0 aliphatic carbocycles. The average Bonchev–Trinajstić information content (AvgIpc) is 2.67. The van der Waals surface area contributed by atoms with Crippen molar-refractivity contribution in [3.05, 3.63) is 16.1 Å². The molecule has 16 heavy (non-hydrogen) atoms.